The van der Waals surface area contributed by atoms with Crippen LogP contribution in [0.4, 0.5) is 0 Å². The highest BCUT2D eigenvalue weighted by Gasteiger charge is 2.27. The summed E-state index contributed by atoms with van der Waals surface area (Å²) >= 11 is 1.61. The van der Waals surface area contributed by atoms with E-state index in [0.717, 1.165) is 21.8 Å². The van der Waals surface area contributed by atoms with E-state index < -0.39 is 0 Å². The third-order valence-electron chi connectivity index (χ3n) is 4.22. The molecule has 2 amide bonds. The maximum Gasteiger partial charge on any atom is 0.223 e. The van der Waals surface area contributed by atoms with E-state index in [1.807, 2.05) is 42.6 Å². The summed E-state index contributed by atoms with van der Waals surface area (Å²) in [5.41, 5.74) is 3.06. The number of rotatable bonds is 5. The van der Waals surface area contributed by atoms with Gasteiger partial charge in [0.2, 0.25) is 11.8 Å². The van der Waals surface area contributed by atoms with Gasteiger partial charge in [0.25, 0.3) is 0 Å². The average molecular weight is 355 g/mol. The number of carbonyl (C=O) groups excluding carboxylic acids is 2. The zero-order valence-corrected chi connectivity index (χ0v) is 15.2. The van der Waals surface area contributed by atoms with Crippen LogP contribution < -0.4 is 5.32 Å². The topological polar surface area (TPSA) is 62.3 Å². The van der Waals surface area contributed by atoms with Gasteiger partial charge in [-0.15, -0.1) is 11.3 Å². The van der Waals surface area contributed by atoms with Crippen LogP contribution in [0.2, 0.25) is 0 Å². The highest BCUT2D eigenvalue weighted by molar-refractivity contribution is 7.09. The summed E-state index contributed by atoms with van der Waals surface area (Å²) in [5.74, 6) is -0.130. The molecular weight excluding hydrogens is 334 g/mol. The van der Waals surface area contributed by atoms with E-state index >= 15 is 0 Å². The lowest BCUT2D eigenvalue weighted by molar-refractivity contribution is -0.129. The first-order valence-corrected chi connectivity index (χ1v) is 9.16. The molecule has 0 saturated carbocycles. The van der Waals surface area contributed by atoms with Gasteiger partial charge in [0.15, 0.2) is 0 Å². The second kappa shape index (κ2) is 7.61. The lowest BCUT2D eigenvalue weighted by Crippen LogP contribution is -2.35. The number of nitrogens with zero attached hydrogens (tertiary/aromatic N) is 2. The predicted molar refractivity (Wildman–Crippen MR) is 98.9 cm³/mol. The zero-order valence-electron chi connectivity index (χ0n) is 14.4. The fraction of sp³-hybridized carbons (Fsp3) is 0.316. The Bertz CT molecular complexity index is 813. The molecule has 25 heavy (non-hydrogen) atoms. The van der Waals surface area contributed by atoms with Crippen LogP contribution in [0.25, 0.3) is 6.08 Å². The summed E-state index contributed by atoms with van der Waals surface area (Å²) in [4.78, 5) is 30.4. The molecule has 0 unspecified atom stereocenters. The second-order valence-corrected chi connectivity index (χ2v) is 7.11. The van der Waals surface area contributed by atoms with Gasteiger partial charge in [0.05, 0.1) is 23.2 Å². The number of aromatic nitrogens is 1. The molecule has 0 spiro atoms. The minimum atomic E-state index is -0.264. The summed E-state index contributed by atoms with van der Waals surface area (Å²) in [6.07, 6.45) is 4.64. The van der Waals surface area contributed by atoms with Crippen molar-refractivity contribution in [1.82, 2.24) is 15.2 Å². The van der Waals surface area contributed by atoms with Crippen molar-refractivity contribution in [3.63, 3.8) is 0 Å². The van der Waals surface area contributed by atoms with Gasteiger partial charge in [0.1, 0.15) is 0 Å². The fourth-order valence-electron chi connectivity index (χ4n) is 3.01. The summed E-state index contributed by atoms with van der Waals surface area (Å²) in [7, 11) is 0. The Morgan fingerprint density at radius 2 is 2.12 bits per heavy atom. The molecule has 0 radical (unpaired) electrons. The molecule has 3 rings (SSSR count). The highest BCUT2D eigenvalue weighted by atomic mass is 32.1. The zero-order chi connectivity index (χ0) is 17.8. The van der Waals surface area contributed by atoms with Crippen LogP contribution in [0.3, 0.4) is 0 Å². The maximum absolute atomic E-state index is 12.4. The molecule has 0 saturated heterocycles. The number of hydrogen-bond donors (Lipinski definition) is 1. The van der Waals surface area contributed by atoms with Crippen LogP contribution >= 0.6 is 11.3 Å². The Morgan fingerprint density at radius 3 is 2.84 bits per heavy atom. The third-order valence-corrected chi connectivity index (χ3v) is 5.04. The summed E-state index contributed by atoms with van der Waals surface area (Å²) < 4.78 is 0. The van der Waals surface area contributed by atoms with E-state index in [1.165, 1.54) is 6.92 Å². The lowest BCUT2D eigenvalue weighted by atomic mass is 9.93. The van der Waals surface area contributed by atoms with Crippen LogP contribution in [-0.4, -0.2) is 28.2 Å². The van der Waals surface area contributed by atoms with Crippen LogP contribution in [-0.2, 0) is 16.0 Å². The largest absolute Gasteiger partial charge is 0.356 e. The quantitative estimate of drug-likeness (QED) is 0.896. The first-order valence-electron chi connectivity index (χ1n) is 8.28. The van der Waals surface area contributed by atoms with Gasteiger partial charge in [-0.05, 0) is 24.1 Å². The summed E-state index contributed by atoms with van der Waals surface area (Å²) in [6, 6.07) is 7.61. The molecule has 1 N–H and O–H groups in total. The smallest absolute Gasteiger partial charge is 0.223 e. The molecule has 0 aliphatic carbocycles. The van der Waals surface area contributed by atoms with Crippen molar-refractivity contribution in [1.29, 1.82) is 0 Å². The van der Waals surface area contributed by atoms with Gasteiger partial charge in [-0.1, -0.05) is 24.3 Å². The van der Waals surface area contributed by atoms with Gasteiger partial charge < -0.3 is 10.2 Å². The molecule has 6 heteroatoms. The number of fused-ring (bicyclic) bond motifs is 1. The van der Waals surface area contributed by atoms with Crippen LogP contribution in [0, 0.1) is 6.92 Å². The molecule has 1 aromatic carbocycles. The Morgan fingerprint density at radius 1 is 1.32 bits per heavy atom. The first-order chi connectivity index (χ1) is 12.0. The SMILES string of the molecule is CC(=O)N1C=Cc2ccccc2[C@H]1CC(=O)NCCc1csc(C)n1. The number of hydrogen-bond acceptors (Lipinski definition) is 4. The van der Waals surface area contributed by atoms with Gasteiger partial charge in [-0.25, -0.2) is 4.98 Å². The Hall–Kier alpha value is -2.47. The fourth-order valence-corrected chi connectivity index (χ4v) is 3.66. The van der Waals surface area contributed by atoms with Gasteiger partial charge >= 0.3 is 0 Å². The molecule has 1 aliphatic heterocycles. The van der Waals surface area contributed by atoms with Crippen molar-refractivity contribution < 1.29 is 9.59 Å². The average Bonchev–Trinajstić information content (AvgIpc) is 3.00. The molecular formula is C19H21N3O2S. The van der Waals surface area contributed by atoms with E-state index in [9.17, 15) is 9.59 Å². The second-order valence-electron chi connectivity index (χ2n) is 6.05. The number of nitrogens with one attached hydrogen (secondary N) is 1. The molecule has 1 atom stereocenters. The van der Waals surface area contributed by atoms with E-state index in [-0.39, 0.29) is 24.3 Å². The van der Waals surface area contributed by atoms with E-state index in [1.54, 1.807) is 22.4 Å². The van der Waals surface area contributed by atoms with Gasteiger partial charge in [0, 0.05) is 31.5 Å². The number of aryl methyl sites for hydroxylation is 1. The first kappa shape index (κ1) is 17.4. The minimum absolute atomic E-state index is 0.0618. The van der Waals surface area contributed by atoms with Crippen molar-refractivity contribution in [3.8, 4) is 0 Å². The van der Waals surface area contributed by atoms with Gasteiger partial charge in [-0.3, -0.25) is 9.59 Å². The van der Waals surface area contributed by atoms with Crippen molar-refractivity contribution in [3.05, 3.63) is 57.7 Å². The summed E-state index contributed by atoms with van der Waals surface area (Å²) in [5, 5.41) is 5.99. The third kappa shape index (κ3) is 4.14. The number of amides is 2. The Balaban J connectivity index is 1.63. The van der Waals surface area contributed by atoms with Crippen LogP contribution in [0.5, 0.6) is 0 Å². The molecule has 1 aromatic heterocycles. The highest BCUT2D eigenvalue weighted by Crippen LogP contribution is 2.32. The van der Waals surface area contributed by atoms with Gasteiger partial charge in [-0.2, -0.15) is 0 Å². The summed E-state index contributed by atoms with van der Waals surface area (Å²) in [6.45, 7) is 4.04. The molecule has 130 valence electrons. The van der Waals surface area contributed by atoms with Crippen molar-refractivity contribution >= 4 is 29.2 Å². The van der Waals surface area contributed by atoms with Crippen molar-refractivity contribution in [2.24, 2.45) is 0 Å². The minimum Gasteiger partial charge on any atom is -0.356 e. The standard InChI is InChI=1S/C19H21N3O2S/c1-13-21-16(12-25-13)7-9-20-19(24)11-18-17-6-4-3-5-15(17)8-10-22(18)14(2)23/h3-6,8,10,12,18H,7,9,11H2,1-2H3,(H,20,24)/t18-/m1/s1. The van der Waals surface area contributed by atoms with E-state index in [4.69, 9.17) is 0 Å². The molecule has 5 nitrogen and oxygen atoms in total. The Labute approximate surface area is 151 Å². The lowest BCUT2D eigenvalue weighted by Gasteiger charge is -2.32. The molecule has 0 fully saturated rings. The number of thiazole rings is 1. The Kier molecular flexibility index (Phi) is 5.28. The predicted octanol–water partition coefficient (Wildman–Crippen LogP) is 3.07. The van der Waals surface area contributed by atoms with Crippen molar-refractivity contribution in [2.75, 3.05) is 6.54 Å². The molecule has 1 aliphatic rings. The monoisotopic (exact) mass is 355 g/mol. The molecule has 2 aromatic rings. The van der Waals surface area contributed by atoms with Crippen LogP contribution in [0.15, 0.2) is 35.8 Å². The number of carbonyl (C=O) groups is 2. The van der Waals surface area contributed by atoms with Crippen LogP contribution in [0.1, 0.15) is 41.2 Å². The maximum atomic E-state index is 12.4. The van der Waals surface area contributed by atoms with E-state index in [2.05, 4.69) is 10.3 Å². The van der Waals surface area contributed by atoms with Crippen molar-refractivity contribution in [2.45, 2.75) is 32.7 Å². The molecule has 2 heterocycles. The normalized spacial score (nSPS) is 15.8. The molecule has 0 bridgehead atoms. The number of benzene rings is 1. The van der Waals surface area contributed by atoms with E-state index in [0.29, 0.717) is 13.0 Å².